The molecule has 0 aliphatic rings. The normalized spacial score (nSPS) is 12.0. The average molecular weight is 372 g/mol. The third-order valence-corrected chi connectivity index (χ3v) is 4.40. The van der Waals surface area contributed by atoms with Crippen molar-refractivity contribution in [2.45, 2.75) is 59.0 Å². The van der Waals surface area contributed by atoms with Gasteiger partial charge in [0.1, 0.15) is 12.2 Å². The largest absolute Gasteiger partial charge is 0.356 e. The quantitative estimate of drug-likeness (QED) is 0.702. The van der Waals surface area contributed by atoms with E-state index in [-0.39, 0.29) is 42.8 Å². The van der Waals surface area contributed by atoms with Gasteiger partial charge in [-0.1, -0.05) is 26.0 Å². The van der Waals surface area contributed by atoms with E-state index in [1.807, 2.05) is 32.9 Å². The molecule has 2 amide bonds. The van der Waals surface area contributed by atoms with Gasteiger partial charge < -0.3 is 10.6 Å². The first-order valence-corrected chi connectivity index (χ1v) is 9.50. The summed E-state index contributed by atoms with van der Waals surface area (Å²) in [6.07, 6.45) is 2.11. The van der Waals surface area contributed by atoms with Crippen molar-refractivity contribution >= 4 is 22.8 Å². The Labute approximate surface area is 159 Å². The van der Waals surface area contributed by atoms with Crippen LogP contribution < -0.4 is 16.2 Å². The molecule has 27 heavy (non-hydrogen) atoms. The second-order valence-electron chi connectivity index (χ2n) is 6.67. The van der Waals surface area contributed by atoms with Crippen LogP contribution in [0.2, 0.25) is 0 Å². The van der Waals surface area contributed by atoms with Gasteiger partial charge in [0, 0.05) is 25.4 Å². The predicted octanol–water partition coefficient (Wildman–Crippen LogP) is 1.77. The minimum Gasteiger partial charge on any atom is -0.356 e. The van der Waals surface area contributed by atoms with Gasteiger partial charge in [0.2, 0.25) is 11.8 Å². The summed E-state index contributed by atoms with van der Waals surface area (Å²) < 4.78 is 1.44. The molecule has 0 bridgehead atoms. The number of aryl methyl sites for hydroxylation is 1. The van der Waals surface area contributed by atoms with E-state index < -0.39 is 0 Å². The highest BCUT2D eigenvalue weighted by atomic mass is 16.2. The number of hydrogen-bond acceptors (Lipinski definition) is 4. The minimum atomic E-state index is -0.323. The second kappa shape index (κ2) is 9.85. The highest BCUT2D eigenvalue weighted by molar-refractivity contribution is 5.80. The molecule has 1 aromatic carbocycles. The van der Waals surface area contributed by atoms with Crippen molar-refractivity contribution in [1.29, 1.82) is 0 Å². The first-order chi connectivity index (χ1) is 13.0. The van der Waals surface area contributed by atoms with Gasteiger partial charge in [-0.25, -0.2) is 4.98 Å². The fraction of sp³-hybridized carbons (Fsp3) is 0.500. The molecule has 0 aliphatic carbocycles. The summed E-state index contributed by atoms with van der Waals surface area (Å²) in [6.45, 7) is 6.44. The van der Waals surface area contributed by atoms with Crippen molar-refractivity contribution in [3.8, 4) is 0 Å². The molecular formula is C20H28N4O3. The summed E-state index contributed by atoms with van der Waals surface area (Å²) in [5, 5.41) is 5.67. The Hall–Kier alpha value is -2.70. The molecule has 2 rings (SSSR count). The maximum atomic E-state index is 12.9. The van der Waals surface area contributed by atoms with E-state index in [9.17, 15) is 14.4 Å². The zero-order valence-corrected chi connectivity index (χ0v) is 16.2. The van der Waals surface area contributed by atoms with Crippen LogP contribution in [0, 0.1) is 0 Å². The number of aromatic nitrogens is 2. The molecule has 7 heteroatoms. The third kappa shape index (κ3) is 5.64. The predicted molar refractivity (Wildman–Crippen MR) is 106 cm³/mol. The fourth-order valence-electron chi connectivity index (χ4n) is 2.72. The van der Waals surface area contributed by atoms with Gasteiger partial charge in [0.15, 0.2) is 0 Å². The Bertz CT molecular complexity index is 860. The van der Waals surface area contributed by atoms with E-state index in [2.05, 4.69) is 15.6 Å². The van der Waals surface area contributed by atoms with E-state index >= 15 is 0 Å². The van der Waals surface area contributed by atoms with E-state index in [4.69, 9.17) is 0 Å². The molecule has 0 unspecified atom stereocenters. The van der Waals surface area contributed by atoms with E-state index in [1.54, 1.807) is 12.1 Å². The van der Waals surface area contributed by atoms with Crippen LogP contribution in [0.15, 0.2) is 29.1 Å². The number of para-hydroxylation sites is 2. The van der Waals surface area contributed by atoms with Crippen LogP contribution in [0.4, 0.5) is 0 Å². The topological polar surface area (TPSA) is 93.1 Å². The van der Waals surface area contributed by atoms with E-state index in [1.165, 1.54) is 4.57 Å². The fourth-order valence-corrected chi connectivity index (χ4v) is 2.72. The Balaban J connectivity index is 2.29. The molecule has 0 radical (unpaired) electrons. The zero-order valence-electron chi connectivity index (χ0n) is 16.2. The lowest BCUT2D eigenvalue weighted by molar-refractivity contribution is -0.122. The van der Waals surface area contributed by atoms with Crippen LogP contribution in [0.25, 0.3) is 11.0 Å². The molecule has 0 aliphatic heterocycles. The molecule has 1 heterocycles. The van der Waals surface area contributed by atoms with Crippen LogP contribution in [0.3, 0.4) is 0 Å². The molecule has 0 spiro atoms. The van der Waals surface area contributed by atoms with Gasteiger partial charge >= 0.3 is 0 Å². The van der Waals surface area contributed by atoms with E-state index in [0.717, 1.165) is 12.8 Å². The van der Waals surface area contributed by atoms with Gasteiger partial charge in [0.05, 0.1) is 11.0 Å². The number of carbonyl (C=O) groups is 2. The number of fused-ring (bicyclic) bond motifs is 1. The number of rotatable bonds is 9. The second-order valence-corrected chi connectivity index (χ2v) is 6.67. The highest BCUT2D eigenvalue weighted by Gasteiger charge is 2.15. The smallest absolute Gasteiger partial charge is 0.273 e. The van der Waals surface area contributed by atoms with Gasteiger partial charge in [-0.15, -0.1) is 0 Å². The van der Waals surface area contributed by atoms with Crippen molar-refractivity contribution < 1.29 is 9.59 Å². The number of carbonyl (C=O) groups excluding carboxylic acids is 2. The van der Waals surface area contributed by atoms with Crippen molar-refractivity contribution in [2.75, 3.05) is 6.54 Å². The summed E-state index contributed by atoms with van der Waals surface area (Å²) in [7, 11) is 0. The number of benzene rings is 1. The van der Waals surface area contributed by atoms with Crippen LogP contribution in [0.5, 0.6) is 0 Å². The molecule has 1 aromatic heterocycles. The highest BCUT2D eigenvalue weighted by Crippen LogP contribution is 2.11. The minimum absolute atomic E-state index is 0.0445. The van der Waals surface area contributed by atoms with Crippen LogP contribution in [-0.4, -0.2) is 34.0 Å². The summed E-state index contributed by atoms with van der Waals surface area (Å²) in [5.41, 5.74) is 1.23. The Morgan fingerprint density at radius 2 is 1.93 bits per heavy atom. The lowest BCUT2D eigenvalue weighted by Gasteiger charge is -2.15. The first kappa shape index (κ1) is 20.6. The summed E-state index contributed by atoms with van der Waals surface area (Å²) >= 11 is 0. The first-order valence-electron chi connectivity index (χ1n) is 9.50. The van der Waals surface area contributed by atoms with E-state index in [0.29, 0.717) is 23.3 Å². The maximum Gasteiger partial charge on any atom is 0.273 e. The van der Waals surface area contributed by atoms with Crippen LogP contribution >= 0.6 is 0 Å². The average Bonchev–Trinajstić information content (AvgIpc) is 2.66. The SMILES string of the molecule is CCCNC(=O)CCc1nc2ccccc2n(CC(=O)N[C@@H](C)CC)c1=O. The summed E-state index contributed by atoms with van der Waals surface area (Å²) in [6, 6.07) is 7.27. The third-order valence-electron chi connectivity index (χ3n) is 4.40. The van der Waals surface area contributed by atoms with Gasteiger partial charge in [-0.2, -0.15) is 0 Å². The Kier molecular flexibility index (Phi) is 7.52. The van der Waals surface area contributed by atoms with Gasteiger partial charge in [-0.3, -0.25) is 19.0 Å². The molecule has 1 atom stereocenters. The molecule has 0 fully saturated rings. The monoisotopic (exact) mass is 372 g/mol. The van der Waals surface area contributed by atoms with Crippen LogP contribution in [-0.2, 0) is 22.6 Å². The van der Waals surface area contributed by atoms with Crippen molar-refractivity contribution in [2.24, 2.45) is 0 Å². The summed E-state index contributed by atoms with van der Waals surface area (Å²) in [5.74, 6) is -0.318. The van der Waals surface area contributed by atoms with Crippen molar-refractivity contribution in [1.82, 2.24) is 20.2 Å². The Morgan fingerprint density at radius 3 is 2.63 bits per heavy atom. The number of nitrogens with zero attached hydrogens (tertiary/aromatic N) is 2. The Morgan fingerprint density at radius 1 is 1.19 bits per heavy atom. The lowest BCUT2D eigenvalue weighted by Crippen LogP contribution is -2.38. The molecule has 146 valence electrons. The number of amides is 2. The zero-order chi connectivity index (χ0) is 19.8. The van der Waals surface area contributed by atoms with Gasteiger partial charge in [-0.05, 0) is 31.9 Å². The molecule has 7 nitrogen and oxygen atoms in total. The van der Waals surface area contributed by atoms with Crippen LogP contribution in [0.1, 0.15) is 45.7 Å². The molecule has 2 N–H and O–H groups in total. The maximum absolute atomic E-state index is 12.9. The standard InChI is InChI=1S/C20H28N4O3/c1-4-12-21-18(25)11-10-16-20(27)24(13-19(26)22-14(3)5-2)17-9-7-6-8-15(17)23-16/h6-9,14H,4-5,10-13H2,1-3H3,(H,21,25)(H,22,26)/t14-/m0/s1. The molecule has 0 saturated carbocycles. The van der Waals surface area contributed by atoms with Crippen molar-refractivity contribution in [3.05, 3.63) is 40.3 Å². The van der Waals surface area contributed by atoms with Gasteiger partial charge in [0.25, 0.3) is 5.56 Å². The number of hydrogen-bond donors (Lipinski definition) is 2. The summed E-state index contributed by atoms with van der Waals surface area (Å²) in [4.78, 5) is 41.5. The number of nitrogens with one attached hydrogen (secondary N) is 2. The molecule has 2 aromatic rings. The molecular weight excluding hydrogens is 344 g/mol. The molecule has 0 saturated heterocycles. The van der Waals surface area contributed by atoms with Crippen molar-refractivity contribution in [3.63, 3.8) is 0 Å². The lowest BCUT2D eigenvalue weighted by atomic mass is 10.2.